The first kappa shape index (κ1) is 24.8. The van der Waals surface area contributed by atoms with Crippen LogP contribution in [0.3, 0.4) is 0 Å². The Bertz CT molecular complexity index is 1340. The van der Waals surface area contributed by atoms with Crippen molar-refractivity contribution in [1.29, 1.82) is 0 Å². The van der Waals surface area contributed by atoms with Crippen molar-refractivity contribution < 1.29 is 4.79 Å². The van der Waals surface area contributed by atoms with Crippen LogP contribution in [0.2, 0.25) is 10.0 Å². The Labute approximate surface area is 222 Å². The van der Waals surface area contributed by atoms with Gasteiger partial charge in [0.15, 0.2) is 0 Å². The van der Waals surface area contributed by atoms with Crippen LogP contribution in [0.4, 0.5) is 0 Å². The van der Waals surface area contributed by atoms with E-state index in [1.807, 2.05) is 60.7 Å². The quantitative estimate of drug-likeness (QED) is 0.322. The SMILES string of the molecule is CN1CCC(CNC(=O)c2ccc(Cn3c(Cc4c(Cl)cccc4Cl)nc4ccccc43)cc2)CC1. The molecule has 0 spiro atoms. The maximum absolute atomic E-state index is 12.7. The van der Waals surface area contributed by atoms with E-state index in [-0.39, 0.29) is 5.91 Å². The molecule has 5 nitrogen and oxygen atoms in total. The summed E-state index contributed by atoms with van der Waals surface area (Å²) in [6, 6.07) is 21.5. The average molecular weight is 521 g/mol. The lowest BCUT2D eigenvalue weighted by Gasteiger charge is -2.28. The number of hydrogen-bond acceptors (Lipinski definition) is 3. The molecule has 1 aliphatic heterocycles. The lowest BCUT2D eigenvalue weighted by Crippen LogP contribution is -2.36. The number of hydrogen-bond donors (Lipinski definition) is 1. The maximum Gasteiger partial charge on any atom is 0.251 e. The number of halogens is 2. The van der Waals surface area contributed by atoms with Crippen molar-refractivity contribution in [3.63, 3.8) is 0 Å². The fourth-order valence-electron chi connectivity index (χ4n) is 4.85. The van der Waals surface area contributed by atoms with Crippen LogP contribution in [0, 0.1) is 5.92 Å². The van der Waals surface area contributed by atoms with Crippen molar-refractivity contribution in [3.05, 3.63) is 99.3 Å². The minimum Gasteiger partial charge on any atom is -0.352 e. The third-order valence-corrected chi connectivity index (χ3v) is 7.78. The zero-order valence-corrected chi connectivity index (χ0v) is 21.9. The van der Waals surface area contributed by atoms with Gasteiger partial charge in [0.2, 0.25) is 0 Å². The molecule has 1 saturated heterocycles. The van der Waals surface area contributed by atoms with Crippen molar-refractivity contribution in [3.8, 4) is 0 Å². The van der Waals surface area contributed by atoms with Crippen LogP contribution in [-0.4, -0.2) is 47.0 Å². The third-order valence-electron chi connectivity index (χ3n) is 7.08. The van der Waals surface area contributed by atoms with E-state index >= 15 is 0 Å². The highest BCUT2D eigenvalue weighted by Gasteiger charge is 2.18. The van der Waals surface area contributed by atoms with E-state index in [4.69, 9.17) is 28.2 Å². The van der Waals surface area contributed by atoms with Crippen molar-refractivity contribution in [1.82, 2.24) is 19.8 Å². The smallest absolute Gasteiger partial charge is 0.251 e. The highest BCUT2D eigenvalue weighted by molar-refractivity contribution is 6.36. The number of carbonyl (C=O) groups is 1. The Hall–Kier alpha value is -2.86. The molecule has 0 aliphatic carbocycles. The van der Waals surface area contributed by atoms with Gasteiger partial charge in [-0.15, -0.1) is 0 Å². The molecule has 3 aromatic carbocycles. The number of imidazole rings is 1. The monoisotopic (exact) mass is 520 g/mol. The summed E-state index contributed by atoms with van der Waals surface area (Å²) >= 11 is 12.9. The second-order valence-corrected chi connectivity index (χ2v) is 10.4. The van der Waals surface area contributed by atoms with Gasteiger partial charge < -0.3 is 14.8 Å². The second kappa shape index (κ2) is 11.0. The first-order valence-electron chi connectivity index (χ1n) is 12.4. The van der Waals surface area contributed by atoms with Crippen LogP contribution in [0.1, 0.15) is 40.2 Å². The third kappa shape index (κ3) is 5.59. The zero-order valence-electron chi connectivity index (χ0n) is 20.4. The summed E-state index contributed by atoms with van der Waals surface area (Å²) in [4.78, 5) is 19.9. The predicted octanol–water partition coefficient (Wildman–Crippen LogP) is 6.05. The number of carbonyl (C=O) groups excluding carboxylic acids is 1. The fourth-order valence-corrected chi connectivity index (χ4v) is 5.38. The molecule has 1 amide bonds. The molecule has 1 aliphatic rings. The Morgan fingerprint density at radius 1 is 0.972 bits per heavy atom. The number of aromatic nitrogens is 2. The second-order valence-electron chi connectivity index (χ2n) is 9.63. The van der Waals surface area contributed by atoms with Gasteiger partial charge in [0.25, 0.3) is 5.91 Å². The molecule has 4 aromatic rings. The molecule has 7 heteroatoms. The molecule has 1 N–H and O–H groups in total. The molecule has 0 atom stereocenters. The number of amides is 1. The average Bonchev–Trinajstić information content (AvgIpc) is 3.23. The predicted molar refractivity (Wildman–Crippen MR) is 147 cm³/mol. The number of likely N-dealkylation sites (tertiary alicyclic amines) is 1. The van der Waals surface area contributed by atoms with E-state index in [2.05, 4.69) is 27.9 Å². The van der Waals surface area contributed by atoms with Gasteiger partial charge in [-0.1, -0.05) is 53.5 Å². The highest BCUT2D eigenvalue weighted by Crippen LogP contribution is 2.28. The van der Waals surface area contributed by atoms with Gasteiger partial charge in [0, 0.05) is 35.1 Å². The first-order chi connectivity index (χ1) is 17.5. The number of piperidine rings is 1. The summed E-state index contributed by atoms with van der Waals surface area (Å²) < 4.78 is 2.20. The van der Waals surface area contributed by atoms with E-state index in [0.29, 0.717) is 34.5 Å². The summed E-state index contributed by atoms with van der Waals surface area (Å²) in [6.07, 6.45) is 2.80. The number of rotatable bonds is 7. The fraction of sp³-hybridized carbons (Fsp3) is 0.310. The topological polar surface area (TPSA) is 50.2 Å². The summed E-state index contributed by atoms with van der Waals surface area (Å²) in [5.74, 6) is 1.44. The number of para-hydroxylation sites is 2. The van der Waals surface area contributed by atoms with Gasteiger partial charge in [-0.25, -0.2) is 4.98 Å². The molecule has 0 radical (unpaired) electrons. The minimum absolute atomic E-state index is 0.0115. The van der Waals surface area contributed by atoms with Gasteiger partial charge >= 0.3 is 0 Å². The van der Waals surface area contributed by atoms with Gasteiger partial charge in [-0.05, 0) is 86.4 Å². The molecule has 0 unspecified atom stereocenters. The molecule has 1 aromatic heterocycles. The van der Waals surface area contributed by atoms with E-state index in [9.17, 15) is 4.79 Å². The molecule has 186 valence electrons. The standard InChI is InChI=1S/C29H30Cl2N4O/c1-34-15-13-20(14-16-34)18-32-29(36)22-11-9-21(10-12-22)19-35-27-8-3-2-7-26(27)33-28(35)17-23-24(30)5-4-6-25(23)31/h2-12,20H,13-19H2,1H3,(H,32,36). The Kier molecular flexibility index (Phi) is 7.61. The molecular weight excluding hydrogens is 491 g/mol. The Morgan fingerprint density at radius 2 is 1.67 bits per heavy atom. The highest BCUT2D eigenvalue weighted by atomic mass is 35.5. The molecule has 1 fully saturated rings. The number of benzene rings is 3. The van der Waals surface area contributed by atoms with Gasteiger partial charge in [0.1, 0.15) is 5.82 Å². The largest absolute Gasteiger partial charge is 0.352 e. The summed E-state index contributed by atoms with van der Waals surface area (Å²) in [7, 11) is 2.15. The van der Waals surface area contributed by atoms with E-state index < -0.39 is 0 Å². The van der Waals surface area contributed by atoms with E-state index in [1.165, 1.54) is 0 Å². The Balaban J connectivity index is 1.32. The zero-order chi connectivity index (χ0) is 25.1. The number of nitrogens with one attached hydrogen (secondary N) is 1. The van der Waals surface area contributed by atoms with Gasteiger partial charge in [0.05, 0.1) is 11.0 Å². The van der Waals surface area contributed by atoms with Gasteiger partial charge in [-0.3, -0.25) is 4.79 Å². The Morgan fingerprint density at radius 3 is 2.39 bits per heavy atom. The summed E-state index contributed by atoms with van der Waals surface area (Å²) in [6.45, 7) is 3.57. The van der Waals surface area contributed by atoms with Crippen molar-refractivity contribution in [2.45, 2.75) is 25.8 Å². The normalized spacial score (nSPS) is 14.9. The lowest BCUT2D eigenvalue weighted by molar-refractivity contribution is 0.0939. The van der Waals surface area contributed by atoms with E-state index in [0.717, 1.165) is 60.5 Å². The maximum atomic E-state index is 12.7. The molecule has 36 heavy (non-hydrogen) atoms. The molecule has 0 saturated carbocycles. The summed E-state index contributed by atoms with van der Waals surface area (Å²) in [5.41, 5.74) is 4.63. The van der Waals surface area contributed by atoms with E-state index in [1.54, 1.807) is 0 Å². The van der Waals surface area contributed by atoms with Gasteiger partial charge in [-0.2, -0.15) is 0 Å². The van der Waals surface area contributed by atoms with Crippen LogP contribution >= 0.6 is 23.2 Å². The minimum atomic E-state index is -0.0115. The van der Waals surface area contributed by atoms with Crippen molar-refractivity contribution >= 4 is 40.1 Å². The lowest BCUT2D eigenvalue weighted by atomic mass is 9.97. The summed E-state index contributed by atoms with van der Waals surface area (Å²) in [5, 5.41) is 4.39. The van der Waals surface area contributed by atoms with Crippen LogP contribution in [-0.2, 0) is 13.0 Å². The first-order valence-corrected chi connectivity index (χ1v) is 13.2. The molecular formula is C29H30Cl2N4O. The van der Waals surface area contributed by atoms with Crippen LogP contribution in [0.25, 0.3) is 11.0 Å². The molecule has 2 heterocycles. The van der Waals surface area contributed by atoms with Crippen molar-refractivity contribution in [2.75, 3.05) is 26.7 Å². The van der Waals surface area contributed by atoms with Crippen molar-refractivity contribution in [2.24, 2.45) is 5.92 Å². The molecule has 5 rings (SSSR count). The van der Waals surface area contributed by atoms with Crippen LogP contribution < -0.4 is 5.32 Å². The number of fused-ring (bicyclic) bond motifs is 1. The number of nitrogens with zero attached hydrogens (tertiary/aromatic N) is 3. The van der Waals surface area contributed by atoms with Crippen LogP contribution in [0.5, 0.6) is 0 Å². The van der Waals surface area contributed by atoms with Crippen LogP contribution in [0.15, 0.2) is 66.7 Å². The molecule has 0 bridgehead atoms.